The van der Waals surface area contributed by atoms with E-state index in [1.807, 2.05) is 6.07 Å². The van der Waals surface area contributed by atoms with Gasteiger partial charge in [0.2, 0.25) is 0 Å². The Hall–Kier alpha value is -0.740. The van der Waals surface area contributed by atoms with Crippen LogP contribution in [0.2, 0.25) is 0 Å². The highest BCUT2D eigenvalue weighted by atomic mass is 32.2. The first-order chi connectivity index (χ1) is 8.47. The highest BCUT2D eigenvalue weighted by Gasteiger charge is 2.09. The van der Waals surface area contributed by atoms with Gasteiger partial charge >= 0.3 is 0 Å². The Bertz CT molecular complexity index is 397. The van der Waals surface area contributed by atoms with E-state index in [0.29, 0.717) is 6.04 Å². The lowest BCUT2D eigenvalue weighted by Gasteiger charge is -2.19. The number of rotatable bonds is 7. The quantitative estimate of drug-likeness (QED) is 0.825. The fourth-order valence-corrected chi connectivity index (χ4v) is 2.67. The van der Waals surface area contributed by atoms with Crippen LogP contribution in [-0.2, 0) is 17.2 Å². The summed E-state index contributed by atoms with van der Waals surface area (Å²) >= 11 is 0. The summed E-state index contributed by atoms with van der Waals surface area (Å²) in [6.07, 6.45) is 3.43. The molecule has 0 saturated heterocycles. The second-order valence-corrected chi connectivity index (χ2v) is 6.42. The van der Waals surface area contributed by atoms with Crippen molar-refractivity contribution in [1.82, 2.24) is 5.32 Å². The minimum atomic E-state index is -0.732. The van der Waals surface area contributed by atoms with Gasteiger partial charge in [-0.25, -0.2) is 4.39 Å². The Morgan fingerprint density at radius 2 is 2.06 bits per heavy atom. The molecule has 1 rings (SSSR count). The van der Waals surface area contributed by atoms with Crippen LogP contribution in [0.15, 0.2) is 24.3 Å². The summed E-state index contributed by atoms with van der Waals surface area (Å²) in [6.45, 7) is 4.18. The van der Waals surface area contributed by atoms with Crippen LogP contribution < -0.4 is 5.32 Å². The van der Waals surface area contributed by atoms with Crippen molar-refractivity contribution in [2.45, 2.75) is 38.8 Å². The van der Waals surface area contributed by atoms with E-state index in [-0.39, 0.29) is 11.9 Å². The molecule has 1 N–H and O–H groups in total. The maximum Gasteiger partial charge on any atom is 0.123 e. The summed E-state index contributed by atoms with van der Waals surface area (Å²) in [5, 5.41) is 3.45. The van der Waals surface area contributed by atoms with Gasteiger partial charge in [0.25, 0.3) is 0 Å². The number of benzene rings is 1. The fourth-order valence-electron chi connectivity index (χ4n) is 1.99. The van der Waals surface area contributed by atoms with Crippen molar-refractivity contribution in [3.63, 3.8) is 0 Å². The standard InChI is InChI=1S/C14H22FNOS/c1-11(7-8-18(3)17)16-12(2)9-13-5-4-6-14(15)10-13/h4-6,10-12,16H,7-9H2,1-3H3. The van der Waals surface area contributed by atoms with Gasteiger partial charge in [0.1, 0.15) is 5.82 Å². The number of halogens is 1. The second-order valence-electron chi connectivity index (χ2n) is 4.87. The molecule has 0 fully saturated rings. The molecule has 18 heavy (non-hydrogen) atoms. The van der Waals surface area contributed by atoms with Gasteiger partial charge < -0.3 is 5.32 Å². The molecule has 0 aromatic heterocycles. The number of hydrogen-bond acceptors (Lipinski definition) is 2. The molecule has 0 aliphatic rings. The minimum absolute atomic E-state index is 0.186. The fraction of sp³-hybridized carbons (Fsp3) is 0.571. The van der Waals surface area contributed by atoms with Crippen LogP contribution in [0.3, 0.4) is 0 Å². The first-order valence-electron chi connectivity index (χ1n) is 6.28. The third-order valence-corrected chi connectivity index (χ3v) is 3.65. The van der Waals surface area contributed by atoms with E-state index in [2.05, 4.69) is 19.2 Å². The zero-order valence-electron chi connectivity index (χ0n) is 11.3. The number of nitrogens with one attached hydrogen (secondary N) is 1. The average Bonchev–Trinajstić information content (AvgIpc) is 2.26. The predicted molar refractivity (Wildman–Crippen MR) is 75.7 cm³/mol. The van der Waals surface area contributed by atoms with E-state index in [1.54, 1.807) is 18.4 Å². The van der Waals surface area contributed by atoms with Crippen LogP contribution in [0.25, 0.3) is 0 Å². The lowest BCUT2D eigenvalue weighted by molar-refractivity contribution is 0.456. The minimum Gasteiger partial charge on any atom is -0.311 e. The molecule has 4 heteroatoms. The van der Waals surface area contributed by atoms with Gasteiger partial charge in [-0.3, -0.25) is 4.21 Å². The molecular weight excluding hydrogens is 249 g/mol. The largest absolute Gasteiger partial charge is 0.311 e. The predicted octanol–water partition coefficient (Wildman–Crippen LogP) is 2.50. The first kappa shape index (κ1) is 15.3. The summed E-state index contributed by atoms with van der Waals surface area (Å²) in [6, 6.07) is 7.32. The van der Waals surface area contributed by atoms with E-state index in [4.69, 9.17) is 0 Å². The molecule has 0 aliphatic carbocycles. The Kier molecular flexibility index (Phi) is 6.50. The van der Waals surface area contributed by atoms with Gasteiger partial charge in [-0.2, -0.15) is 0 Å². The Morgan fingerprint density at radius 3 is 2.67 bits per heavy atom. The number of hydrogen-bond donors (Lipinski definition) is 1. The summed E-state index contributed by atoms with van der Waals surface area (Å²) in [5.41, 5.74) is 1.00. The second kappa shape index (κ2) is 7.64. The lowest BCUT2D eigenvalue weighted by atomic mass is 10.1. The Labute approximate surface area is 111 Å². The normalized spacial score (nSPS) is 16.2. The van der Waals surface area contributed by atoms with Gasteiger partial charge in [-0.1, -0.05) is 12.1 Å². The maximum absolute atomic E-state index is 13.0. The van der Waals surface area contributed by atoms with Gasteiger partial charge in [0, 0.05) is 34.9 Å². The lowest BCUT2D eigenvalue weighted by Crippen LogP contribution is -2.36. The van der Waals surface area contributed by atoms with Crippen LogP contribution >= 0.6 is 0 Å². The molecule has 0 aliphatic heterocycles. The van der Waals surface area contributed by atoms with Gasteiger partial charge in [0.05, 0.1) is 0 Å². The van der Waals surface area contributed by atoms with Crippen molar-refractivity contribution >= 4 is 10.8 Å². The van der Waals surface area contributed by atoms with Crippen molar-refractivity contribution in [1.29, 1.82) is 0 Å². The molecule has 2 nitrogen and oxygen atoms in total. The monoisotopic (exact) mass is 271 g/mol. The van der Waals surface area contributed by atoms with Crippen LogP contribution in [-0.4, -0.2) is 28.3 Å². The van der Waals surface area contributed by atoms with Gasteiger partial charge in [-0.05, 0) is 44.4 Å². The van der Waals surface area contributed by atoms with Crippen LogP contribution in [0.4, 0.5) is 4.39 Å². The molecule has 1 aromatic carbocycles. The first-order valence-corrected chi connectivity index (χ1v) is 8.00. The molecule has 102 valence electrons. The van der Waals surface area contributed by atoms with E-state index >= 15 is 0 Å². The molecule has 0 amide bonds. The van der Waals surface area contributed by atoms with Crippen molar-refractivity contribution < 1.29 is 8.60 Å². The van der Waals surface area contributed by atoms with Crippen LogP contribution in [0.5, 0.6) is 0 Å². The Morgan fingerprint density at radius 1 is 1.33 bits per heavy atom. The zero-order chi connectivity index (χ0) is 13.5. The van der Waals surface area contributed by atoms with E-state index in [9.17, 15) is 8.60 Å². The molecule has 0 saturated carbocycles. The third-order valence-electron chi connectivity index (χ3n) is 2.84. The van der Waals surface area contributed by atoms with Crippen molar-refractivity contribution in [3.05, 3.63) is 35.6 Å². The SMILES string of the molecule is CC(CCS(C)=O)NC(C)Cc1cccc(F)c1. The van der Waals surface area contributed by atoms with E-state index in [1.165, 1.54) is 6.07 Å². The van der Waals surface area contributed by atoms with Gasteiger partial charge in [0.15, 0.2) is 0 Å². The molecule has 0 heterocycles. The molecule has 1 aromatic rings. The van der Waals surface area contributed by atoms with Crippen molar-refractivity contribution in [2.24, 2.45) is 0 Å². The zero-order valence-corrected chi connectivity index (χ0v) is 12.1. The molecule has 0 spiro atoms. The average molecular weight is 271 g/mol. The Balaban J connectivity index is 2.36. The summed E-state index contributed by atoms with van der Waals surface area (Å²) in [5.74, 6) is 0.537. The topological polar surface area (TPSA) is 29.1 Å². The van der Waals surface area contributed by atoms with Crippen LogP contribution in [0, 0.1) is 5.82 Å². The molecule has 0 radical (unpaired) electrons. The van der Waals surface area contributed by atoms with Crippen LogP contribution in [0.1, 0.15) is 25.8 Å². The van der Waals surface area contributed by atoms with Gasteiger partial charge in [-0.15, -0.1) is 0 Å². The summed E-state index contributed by atoms with van der Waals surface area (Å²) in [4.78, 5) is 0. The van der Waals surface area contributed by atoms with E-state index < -0.39 is 10.8 Å². The summed E-state index contributed by atoms with van der Waals surface area (Å²) < 4.78 is 24.0. The summed E-state index contributed by atoms with van der Waals surface area (Å²) in [7, 11) is -0.732. The molecule has 3 atom stereocenters. The molecule has 0 bridgehead atoms. The third kappa shape index (κ3) is 6.26. The maximum atomic E-state index is 13.0. The smallest absolute Gasteiger partial charge is 0.123 e. The van der Waals surface area contributed by atoms with E-state index in [0.717, 1.165) is 24.2 Å². The van der Waals surface area contributed by atoms with Crippen molar-refractivity contribution in [2.75, 3.05) is 12.0 Å². The van der Waals surface area contributed by atoms with Crippen molar-refractivity contribution in [3.8, 4) is 0 Å². The molecular formula is C14H22FNOS. The molecule has 3 unspecified atom stereocenters. The highest BCUT2D eigenvalue weighted by molar-refractivity contribution is 7.84. The highest BCUT2D eigenvalue weighted by Crippen LogP contribution is 2.07.